The molecule has 0 saturated carbocycles. The number of aliphatic hydroxyl groups excluding tert-OH is 2. The molecule has 1 aliphatic rings. The van der Waals surface area contributed by atoms with Gasteiger partial charge in [-0.3, -0.25) is 4.79 Å². The lowest BCUT2D eigenvalue weighted by atomic mass is 9.86. The quantitative estimate of drug-likeness (QED) is 0.761. The van der Waals surface area contributed by atoms with Crippen LogP contribution in [0.3, 0.4) is 0 Å². The summed E-state index contributed by atoms with van der Waals surface area (Å²) in [4.78, 5) is 12.4. The molecular weight excluding hydrogens is 244 g/mol. The van der Waals surface area contributed by atoms with E-state index in [1.807, 2.05) is 6.92 Å². The summed E-state index contributed by atoms with van der Waals surface area (Å²) >= 11 is 0. The molecule has 1 atom stereocenters. The Bertz CT molecular complexity index is 558. The largest absolute Gasteiger partial charge is 0.507 e. The number of fused-ring (bicyclic) bond motifs is 1. The van der Waals surface area contributed by atoms with Gasteiger partial charge in [-0.05, 0) is 50.8 Å². The van der Waals surface area contributed by atoms with Crippen LogP contribution in [0.1, 0.15) is 52.6 Å². The van der Waals surface area contributed by atoms with Gasteiger partial charge in [-0.15, -0.1) is 0 Å². The van der Waals surface area contributed by atoms with Crippen LogP contribution in [0.2, 0.25) is 0 Å². The lowest BCUT2D eigenvalue weighted by molar-refractivity contribution is 0.0484. The maximum atomic E-state index is 12.4. The van der Waals surface area contributed by atoms with E-state index < -0.39 is 11.5 Å². The molecular formula is C15H20O4. The highest BCUT2D eigenvalue weighted by molar-refractivity contribution is 6.07. The summed E-state index contributed by atoms with van der Waals surface area (Å²) < 4.78 is 0. The Hall–Kier alpha value is -1.39. The van der Waals surface area contributed by atoms with Crippen molar-refractivity contribution in [3.63, 3.8) is 0 Å². The molecule has 0 aliphatic heterocycles. The number of hydrogen-bond acceptors (Lipinski definition) is 4. The molecule has 0 aromatic heterocycles. The number of Topliss-reactive ketones (excluding diaryl/α,β-unsaturated/α-hetero) is 1. The molecule has 19 heavy (non-hydrogen) atoms. The van der Waals surface area contributed by atoms with Crippen LogP contribution in [0, 0.1) is 19.3 Å². The van der Waals surface area contributed by atoms with Crippen LogP contribution in [-0.2, 0) is 6.42 Å². The molecule has 0 amide bonds. The summed E-state index contributed by atoms with van der Waals surface area (Å²) in [5, 5.41) is 29.7. The van der Waals surface area contributed by atoms with Crippen LogP contribution in [0.4, 0.5) is 0 Å². The maximum absolute atomic E-state index is 12.4. The second kappa shape index (κ2) is 4.32. The summed E-state index contributed by atoms with van der Waals surface area (Å²) in [6, 6.07) is 0. The molecule has 0 bridgehead atoms. The van der Waals surface area contributed by atoms with Crippen molar-refractivity contribution in [1.29, 1.82) is 0 Å². The molecule has 1 unspecified atom stereocenters. The zero-order chi connectivity index (χ0) is 14.5. The van der Waals surface area contributed by atoms with Gasteiger partial charge >= 0.3 is 0 Å². The standard InChI is InChI=1S/C15H20O4/c1-7-9(5-6-16)8(2)12(17)11-10(7)13(18)15(3,4)14(11)19/h14,16-17,19H,5-6H2,1-4H3. The van der Waals surface area contributed by atoms with Crippen molar-refractivity contribution in [3.8, 4) is 5.75 Å². The lowest BCUT2D eigenvalue weighted by Crippen LogP contribution is -2.23. The summed E-state index contributed by atoms with van der Waals surface area (Å²) in [6.07, 6.45) is -0.599. The van der Waals surface area contributed by atoms with Crippen molar-refractivity contribution in [1.82, 2.24) is 0 Å². The third kappa shape index (κ3) is 1.70. The van der Waals surface area contributed by atoms with Gasteiger partial charge in [0.25, 0.3) is 0 Å². The third-order valence-corrected chi connectivity index (χ3v) is 4.29. The van der Waals surface area contributed by atoms with E-state index in [0.29, 0.717) is 23.1 Å². The fraction of sp³-hybridized carbons (Fsp3) is 0.533. The number of aliphatic hydroxyl groups is 2. The highest BCUT2D eigenvalue weighted by atomic mass is 16.3. The molecule has 0 saturated heterocycles. The number of carbonyl (C=O) groups excluding carboxylic acids is 1. The third-order valence-electron chi connectivity index (χ3n) is 4.29. The summed E-state index contributed by atoms with van der Waals surface area (Å²) in [6.45, 7) is 6.87. The van der Waals surface area contributed by atoms with Crippen molar-refractivity contribution >= 4 is 5.78 Å². The van der Waals surface area contributed by atoms with E-state index in [1.54, 1.807) is 20.8 Å². The maximum Gasteiger partial charge on any atom is 0.172 e. The van der Waals surface area contributed by atoms with Gasteiger partial charge in [0.05, 0.1) is 11.5 Å². The molecule has 1 aromatic rings. The van der Waals surface area contributed by atoms with Gasteiger partial charge in [0.1, 0.15) is 5.75 Å². The average Bonchev–Trinajstić information content (AvgIpc) is 2.53. The van der Waals surface area contributed by atoms with E-state index in [9.17, 15) is 15.0 Å². The molecule has 4 nitrogen and oxygen atoms in total. The summed E-state index contributed by atoms with van der Waals surface area (Å²) in [5.41, 5.74) is 2.02. The van der Waals surface area contributed by atoms with Gasteiger partial charge < -0.3 is 15.3 Å². The van der Waals surface area contributed by atoms with Crippen molar-refractivity contribution < 1.29 is 20.1 Å². The minimum absolute atomic E-state index is 0.0181. The van der Waals surface area contributed by atoms with Crippen molar-refractivity contribution in [2.75, 3.05) is 6.61 Å². The Labute approximate surface area is 112 Å². The minimum Gasteiger partial charge on any atom is -0.507 e. The van der Waals surface area contributed by atoms with Gasteiger partial charge in [0, 0.05) is 17.7 Å². The average molecular weight is 264 g/mol. The first kappa shape index (κ1) is 14.0. The molecule has 0 heterocycles. The first-order valence-corrected chi connectivity index (χ1v) is 6.43. The van der Waals surface area contributed by atoms with Gasteiger partial charge in [0.15, 0.2) is 5.78 Å². The highest BCUT2D eigenvalue weighted by Crippen LogP contribution is 2.51. The first-order chi connectivity index (χ1) is 8.75. The fourth-order valence-electron chi connectivity index (χ4n) is 2.95. The second-order valence-corrected chi connectivity index (χ2v) is 5.79. The summed E-state index contributed by atoms with van der Waals surface area (Å²) in [5.74, 6) is -0.169. The Morgan fingerprint density at radius 1 is 1.21 bits per heavy atom. The van der Waals surface area contributed by atoms with Crippen molar-refractivity contribution in [2.45, 2.75) is 40.2 Å². The molecule has 2 rings (SSSR count). The van der Waals surface area contributed by atoms with E-state index >= 15 is 0 Å². The Morgan fingerprint density at radius 3 is 2.32 bits per heavy atom. The number of hydrogen-bond donors (Lipinski definition) is 3. The van der Waals surface area contributed by atoms with Crippen LogP contribution in [0.5, 0.6) is 5.75 Å². The van der Waals surface area contributed by atoms with Gasteiger partial charge in [-0.1, -0.05) is 0 Å². The number of aromatic hydroxyl groups is 1. The molecule has 0 spiro atoms. The van der Waals surface area contributed by atoms with E-state index in [2.05, 4.69) is 0 Å². The van der Waals surface area contributed by atoms with E-state index in [1.165, 1.54) is 0 Å². The van der Waals surface area contributed by atoms with Crippen LogP contribution < -0.4 is 0 Å². The Kier molecular flexibility index (Phi) is 3.19. The normalized spacial score (nSPS) is 20.7. The number of carbonyl (C=O) groups is 1. The van der Waals surface area contributed by atoms with Crippen LogP contribution in [0.15, 0.2) is 0 Å². The molecule has 104 valence electrons. The van der Waals surface area contributed by atoms with E-state index in [-0.39, 0.29) is 18.1 Å². The molecule has 0 radical (unpaired) electrons. The minimum atomic E-state index is -0.990. The molecule has 1 aliphatic carbocycles. The molecule has 3 N–H and O–H groups in total. The van der Waals surface area contributed by atoms with Gasteiger partial charge in [-0.2, -0.15) is 0 Å². The number of phenolic OH excluding ortho intramolecular Hbond substituents is 1. The fourth-order valence-corrected chi connectivity index (χ4v) is 2.95. The Morgan fingerprint density at radius 2 is 1.79 bits per heavy atom. The molecule has 0 fully saturated rings. The topological polar surface area (TPSA) is 77.8 Å². The van der Waals surface area contributed by atoms with Crippen LogP contribution >= 0.6 is 0 Å². The zero-order valence-electron chi connectivity index (χ0n) is 11.7. The zero-order valence-corrected chi connectivity index (χ0v) is 11.7. The van der Waals surface area contributed by atoms with Gasteiger partial charge in [0.2, 0.25) is 0 Å². The monoisotopic (exact) mass is 264 g/mol. The highest BCUT2D eigenvalue weighted by Gasteiger charge is 2.48. The SMILES string of the molecule is Cc1c(O)c2c(c(C)c1CCO)C(=O)C(C)(C)C2O. The number of benzene rings is 1. The molecule has 4 heteroatoms. The molecule has 1 aromatic carbocycles. The number of ketones is 1. The number of phenols is 1. The second-order valence-electron chi connectivity index (χ2n) is 5.79. The lowest BCUT2D eigenvalue weighted by Gasteiger charge is -2.21. The van der Waals surface area contributed by atoms with E-state index in [4.69, 9.17) is 5.11 Å². The van der Waals surface area contributed by atoms with Crippen LogP contribution in [0.25, 0.3) is 0 Å². The van der Waals surface area contributed by atoms with E-state index in [0.717, 1.165) is 11.1 Å². The van der Waals surface area contributed by atoms with Crippen LogP contribution in [-0.4, -0.2) is 27.7 Å². The van der Waals surface area contributed by atoms with Gasteiger partial charge in [-0.25, -0.2) is 0 Å². The predicted molar refractivity (Wildman–Crippen MR) is 71.4 cm³/mol. The summed E-state index contributed by atoms with van der Waals surface area (Å²) in [7, 11) is 0. The predicted octanol–water partition coefficient (Wildman–Crippen LogP) is 1.80. The Balaban J connectivity index is 2.80. The van der Waals surface area contributed by atoms with Crippen molar-refractivity contribution in [3.05, 3.63) is 27.8 Å². The first-order valence-electron chi connectivity index (χ1n) is 6.43. The smallest absolute Gasteiger partial charge is 0.172 e. The number of rotatable bonds is 2. The van der Waals surface area contributed by atoms with Crippen molar-refractivity contribution in [2.24, 2.45) is 5.41 Å².